The third kappa shape index (κ3) is 5.76. The Morgan fingerprint density at radius 1 is 1.23 bits per heavy atom. The molecule has 0 saturated heterocycles. The summed E-state index contributed by atoms with van der Waals surface area (Å²) in [7, 11) is 1.03. The lowest BCUT2D eigenvalue weighted by Crippen LogP contribution is -2.14. The first kappa shape index (κ1) is 24.2. The maximum absolute atomic E-state index is 12.4. The molecular formula is C21H24BrO7P. The van der Waals surface area contributed by atoms with Crippen molar-refractivity contribution in [2.45, 2.75) is 52.6 Å². The minimum absolute atomic E-state index is 0.105. The average Bonchev–Trinajstić information content (AvgIpc) is 3.12. The average molecular weight is 499 g/mol. The van der Waals surface area contributed by atoms with Crippen molar-refractivity contribution in [2.75, 3.05) is 12.4 Å². The van der Waals surface area contributed by atoms with Crippen LogP contribution in [0.2, 0.25) is 0 Å². The third-order valence-corrected chi connectivity index (χ3v) is 5.83. The Hall–Kier alpha value is -2.05. The molecule has 2 rings (SSSR count). The van der Waals surface area contributed by atoms with Crippen LogP contribution in [0.15, 0.2) is 11.6 Å². The number of benzene rings is 1. The minimum Gasteiger partial charge on any atom is -0.496 e. The summed E-state index contributed by atoms with van der Waals surface area (Å²) in [4.78, 5) is 36.0. The summed E-state index contributed by atoms with van der Waals surface area (Å²) in [5.41, 5.74) is 2.81. The summed E-state index contributed by atoms with van der Waals surface area (Å²) < 4.78 is 27.0. The molecule has 1 aliphatic rings. The topological polar surface area (TPSA) is 96.0 Å². The Balaban J connectivity index is 2.45. The van der Waals surface area contributed by atoms with Gasteiger partial charge in [-0.2, -0.15) is 0 Å². The van der Waals surface area contributed by atoms with Gasteiger partial charge < -0.3 is 14.2 Å². The van der Waals surface area contributed by atoms with Crippen molar-refractivity contribution in [3.8, 4) is 11.5 Å². The zero-order valence-corrected chi connectivity index (χ0v) is 19.7. The quantitative estimate of drug-likeness (QED) is 0.141. The van der Waals surface area contributed by atoms with E-state index in [1.807, 2.05) is 19.9 Å². The van der Waals surface area contributed by atoms with Crippen LogP contribution in [0.5, 0.6) is 11.5 Å². The van der Waals surface area contributed by atoms with E-state index in [4.69, 9.17) is 14.2 Å². The molecule has 162 valence electrons. The van der Waals surface area contributed by atoms with Crippen molar-refractivity contribution in [3.63, 3.8) is 0 Å². The molecule has 0 amide bonds. The van der Waals surface area contributed by atoms with E-state index >= 15 is 0 Å². The van der Waals surface area contributed by atoms with Crippen LogP contribution in [0.1, 0.15) is 59.7 Å². The van der Waals surface area contributed by atoms with E-state index < -0.39 is 20.4 Å². The first-order valence-corrected chi connectivity index (χ1v) is 11.4. The van der Waals surface area contributed by atoms with Gasteiger partial charge in [0.2, 0.25) is 14.0 Å². The number of fused-ring (bicyclic) bond motifs is 1. The zero-order chi connectivity index (χ0) is 22.3. The van der Waals surface area contributed by atoms with E-state index in [-0.39, 0.29) is 36.3 Å². The van der Waals surface area contributed by atoms with Gasteiger partial charge in [-0.15, -0.1) is 0 Å². The highest BCUT2D eigenvalue weighted by atomic mass is 79.9. The van der Waals surface area contributed by atoms with E-state index in [2.05, 4.69) is 15.9 Å². The highest BCUT2D eigenvalue weighted by molar-refractivity contribution is 9.09. The van der Waals surface area contributed by atoms with Crippen molar-refractivity contribution in [3.05, 3.63) is 33.9 Å². The number of hydrogen-bond acceptors (Lipinski definition) is 7. The number of alkyl halides is 1. The maximum Gasteiger partial charge on any atom is 0.342 e. The van der Waals surface area contributed by atoms with Crippen LogP contribution in [0.4, 0.5) is 0 Å². The number of ether oxygens (including phenoxy) is 3. The molecule has 0 spiro atoms. The van der Waals surface area contributed by atoms with E-state index in [0.29, 0.717) is 41.5 Å². The second-order valence-electron chi connectivity index (χ2n) is 6.90. The van der Waals surface area contributed by atoms with Crippen LogP contribution >= 0.6 is 24.4 Å². The molecule has 0 unspecified atom stereocenters. The number of carbonyl (C=O) groups is 3. The van der Waals surface area contributed by atoms with Crippen LogP contribution in [-0.2, 0) is 31.9 Å². The monoisotopic (exact) mass is 498 g/mol. The van der Waals surface area contributed by atoms with Gasteiger partial charge in [0, 0.05) is 29.3 Å². The van der Waals surface area contributed by atoms with Crippen molar-refractivity contribution in [1.29, 1.82) is 0 Å². The standard InChI is InChI=1S/C21H24BrO7P/c1-12(7-9-17(24)30-26)6-8-14-19(27-3)13(2)15-11-28-21(25)18(15)20(14)29-16(23)5-4-10-22/h6H,4-5,7-11H2,1-3H3/b12-6+. The summed E-state index contributed by atoms with van der Waals surface area (Å²) in [6, 6.07) is 0. The van der Waals surface area contributed by atoms with Crippen molar-refractivity contribution in [1.82, 2.24) is 0 Å². The number of allylic oxidation sites excluding steroid dienone is 2. The number of carbonyl (C=O) groups excluding carboxylic acids is 3. The third-order valence-electron chi connectivity index (χ3n) is 4.85. The van der Waals surface area contributed by atoms with Crippen LogP contribution in [0.25, 0.3) is 0 Å². The lowest BCUT2D eigenvalue weighted by atomic mass is 9.94. The number of methoxy groups -OCH3 is 1. The largest absolute Gasteiger partial charge is 0.496 e. The molecule has 0 N–H and O–H groups in total. The number of rotatable bonds is 11. The van der Waals surface area contributed by atoms with Crippen LogP contribution in [-0.4, -0.2) is 29.9 Å². The number of cyclic esters (lactones) is 1. The summed E-state index contributed by atoms with van der Waals surface area (Å²) in [6.45, 7) is 3.80. The SMILES string of the molecule is COc1c(C)c2c(c(OC(=O)CCCBr)c1C/C=C(\C)CCC(=O)P=O)C(=O)OC2. The fourth-order valence-corrected chi connectivity index (χ4v) is 3.71. The van der Waals surface area contributed by atoms with Crippen LogP contribution < -0.4 is 9.47 Å². The normalized spacial score (nSPS) is 13.2. The molecule has 0 saturated carbocycles. The molecule has 30 heavy (non-hydrogen) atoms. The number of hydrogen-bond donors (Lipinski definition) is 0. The van der Waals surface area contributed by atoms with Crippen molar-refractivity contribution < 1.29 is 33.2 Å². The Morgan fingerprint density at radius 2 is 1.97 bits per heavy atom. The highest BCUT2D eigenvalue weighted by Crippen LogP contribution is 2.43. The van der Waals surface area contributed by atoms with Gasteiger partial charge in [-0.1, -0.05) is 27.6 Å². The lowest BCUT2D eigenvalue weighted by Gasteiger charge is -2.18. The first-order valence-electron chi connectivity index (χ1n) is 9.51. The molecule has 0 fully saturated rings. The van der Waals surface area contributed by atoms with E-state index in [0.717, 1.165) is 11.1 Å². The Bertz CT molecular complexity index is 892. The van der Waals surface area contributed by atoms with Gasteiger partial charge in [-0.25, -0.2) is 4.79 Å². The van der Waals surface area contributed by atoms with Gasteiger partial charge in [0.05, 0.1) is 7.11 Å². The lowest BCUT2D eigenvalue weighted by molar-refractivity contribution is -0.134. The minimum atomic E-state index is -0.527. The van der Waals surface area contributed by atoms with Gasteiger partial charge in [0.15, 0.2) is 5.75 Å². The molecular weight excluding hydrogens is 475 g/mol. The molecule has 9 heteroatoms. The van der Waals surface area contributed by atoms with E-state index in [1.54, 1.807) is 0 Å². The molecule has 1 heterocycles. The maximum atomic E-state index is 12.4. The first-order chi connectivity index (χ1) is 14.3. The van der Waals surface area contributed by atoms with Gasteiger partial charge in [0.1, 0.15) is 17.9 Å². The highest BCUT2D eigenvalue weighted by Gasteiger charge is 2.34. The van der Waals surface area contributed by atoms with E-state index in [1.165, 1.54) is 7.11 Å². The number of esters is 2. The number of halogens is 1. The molecule has 1 aromatic carbocycles. The molecule has 0 aliphatic carbocycles. The smallest absolute Gasteiger partial charge is 0.342 e. The molecule has 0 bridgehead atoms. The summed E-state index contributed by atoms with van der Waals surface area (Å²) >= 11 is 3.29. The fraction of sp³-hybridized carbons (Fsp3) is 0.476. The van der Waals surface area contributed by atoms with Gasteiger partial charge in [-0.05, 0) is 38.7 Å². The van der Waals surface area contributed by atoms with Gasteiger partial charge in [-0.3, -0.25) is 14.2 Å². The van der Waals surface area contributed by atoms with Crippen LogP contribution in [0.3, 0.4) is 0 Å². The molecule has 0 aromatic heterocycles. The molecule has 1 aromatic rings. The molecule has 0 atom stereocenters. The summed E-state index contributed by atoms with van der Waals surface area (Å²) in [5.74, 6) is -0.258. The Morgan fingerprint density at radius 3 is 2.60 bits per heavy atom. The second kappa shape index (κ2) is 11.4. The Kier molecular flexibility index (Phi) is 9.18. The van der Waals surface area contributed by atoms with Gasteiger partial charge >= 0.3 is 11.9 Å². The fourth-order valence-electron chi connectivity index (χ4n) is 3.23. The van der Waals surface area contributed by atoms with Crippen molar-refractivity contribution >= 4 is 41.9 Å². The zero-order valence-electron chi connectivity index (χ0n) is 17.2. The summed E-state index contributed by atoms with van der Waals surface area (Å²) in [6.07, 6.45) is 3.67. The van der Waals surface area contributed by atoms with E-state index in [9.17, 15) is 18.9 Å². The molecule has 0 radical (unpaired) electrons. The van der Waals surface area contributed by atoms with Crippen LogP contribution in [0, 0.1) is 6.92 Å². The van der Waals surface area contributed by atoms with Crippen molar-refractivity contribution in [2.24, 2.45) is 0 Å². The Labute approximate surface area is 185 Å². The second-order valence-corrected chi connectivity index (χ2v) is 8.38. The molecule has 1 aliphatic heterocycles. The van der Waals surface area contributed by atoms with Gasteiger partial charge in [0.25, 0.3) is 0 Å². The predicted molar refractivity (Wildman–Crippen MR) is 115 cm³/mol. The molecule has 7 nitrogen and oxygen atoms in total. The predicted octanol–water partition coefficient (Wildman–Crippen LogP) is 4.84. The summed E-state index contributed by atoms with van der Waals surface area (Å²) in [5, 5.41) is 0.662.